The quantitative estimate of drug-likeness (QED) is 0.236. The zero-order valence-electron chi connectivity index (χ0n) is 22.9. The zero-order valence-corrected chi connectivity index (χ0v) is 23.7. The molecule has 6 heteroatoms. The first-order chi connectivity index (χ1) is 16.4. The number of hydrogen-bond donors (Lipinski definition) is 3. The molecular formula is C29H49BO4S. The molecule has 12 atom stereocenters. The summed E-state index contributed by atoms with van der Waals surface area (Å²) in [5.41, 5.74) is 1.28. The SMILES string of the molecule is [B]SOC1CCC2(C)C(CCC3(C)C2C(O)CC2C(C(CO)CCC=C(C)C)C(O)CC23C)C1C. The van der Waals surface area contributed by atoms with Gasteiger partial charge in [-0.2, -0.15) is 0 Å². The van der Waals surface area contributed by atoms with Gasteiger partial charge in [0.25, 0.3) is 0 Å². The van der Waals surface area contributed by atoms with Crippen molar-refractivity contribution in [3.05, 3.63) is 11.6 Å². The standard InChI is InChI=1S/C29H49BO4S/c1-17(2)8-7-9-19(16-31)25-21-14-22(32)26-27(4)12-11-24(34-35-30)18(3)20(27)10-13-28(26,5)29(21,6)15-23(25)33/h8,18-26,31-33H,7,9-16H2,1-6H3. The maximum Gasteiger partial charge on any atom is 0.203 e. The molecule has 12 unspecified atom stereocenters. The first-order valence-corrected chi connectivity index (χ1v) is 14.9. The summed E-state index contributed by atoms with van der Waals surface area (Å²) in [5, 5.41) is 33.8. The molecule has 0 saturated heterocycles. The van der Waals surface area contributed by atoms with Crippen molar-refractivity contribution in [2.45, 2.75) is 111 Å². The van der Waals surface area contributed by atoms with Gasteiger partial charge >= 0.3 is 0 Å². The maximum atomic E-state index is 11.9. The molecule has 0 spiro atoms. The van der Waals surface area contributed by atoms with Crippen LogP contribution in [-0.2, 0) is 4.18 Å². The molecule has 4 nitrogen and oxygen atoms in total. The third kappa shape index (κ3) is 4.39. The lowest BCUT2D eigenvalue weighted by Crippen LogP contribution is -2.66. The topological polar surface area (TPSA) is 69.9 Å². The largest absolute Gasteiger partial charge is 0.396 e. The highest BCUT2D eigenvalue weighted by molar-refractivity contribution is 8.15. The van der Waals surface area contributed by atoms with E-state index in [0.717, 1.165) is 63.3 Å². The Labute approximate surface area is 219 Å². The molecule has 2 radical (unpaired) electrons. The summed E-state index contributed by atoms with van der Waals surface area (Å²) in [6, 6.07) is 0. The van der Waals surface area contributed by atoms with E-state index in [1.165, 1.54) is 5.57 Å². The summed E-state index contributed by atoms with van der Waals surface area (Å²) in [6.45, 7) is 13.9. The van der Waals surface area contributed by atoms with Crippen molar-refractivity contribution >= 4 is 19.0 Å². The number of fused-ring (bicyclic) bond motifs is 5. The Morgan fingerprint density at radius 3 is 2.43 bits per heavy atom. The molecule has 4 fully saturated rings. The smallest absolute Gasteiger partial charge is 0.203 e. The molecule has 0 aliphatic heterocycles. The van der Waals surface area contributed by atoms with E-state index in [9.17, 15) is 15.3 Å². The average molecular weight is 505 g/mol. The van der Waals surface area contributed by atoms with Crippen molar-refractivity contribution in [3.63, 3.8) is 0 Å². The fourth-order valence-corrected chi connectivity index (χ4v) is 10.7. The van der Waals surface area contributed by atoms with Gasteiger partial charge in [-0.1, -0.05) is 51.2 Å². The van der Waals surface area contributed by atoms with E-state index in [0.29, 0.717) is 11.8 Å². The normalized spacial score (nSPS) is 50.1. The molecule has 0 bridgehead atoms. The Bertz CT molecular complexity index is 789. The van der Waals surface area contributed by atoms with Crippen molar-refractivity contribution in [2.75, 3.05) is 6.61 Å². The second kappa shape index (κ2) is 10.3. The van der Waals surface area contributed by atoms with E-state index in [1.807, 2.05) is 0 Å². The minimum Gasteiger partial charge on any atom is -0.396 e. The van der Waals surface area contributed by atoms with Crippen LogP contribution in [0.5, 0.6) is 0 Å². The summed E-state index contributed by atoms with van der Waals surface area (Å²) < 4.78 is 5.85. The van der Waals surface area contributed by atoms with Gasteiger partial charge in [0.15, 0.2) is 0 Å². The van der Waals surface area contributed by atoms with E-state index < -0.39 is 6.10 Å². The van der Waals surface area contributed by atoms with Crippen LogP contribution in [0.4, 0.5) is 0 Å². The Morgan fingerprint density at radius 2 is 1.80 bits per heavy atom. The number of hydrogen-bond acceptors (Lipinski definition) is 5. The summed E-state index contributed by atoms with van der Waals surface area (Å²) >= 11 is 0.996. The second-order valence-electron chi connectivity index (χ2n) is 13.7. The molecule has 0 aromatic rings. The zero-order chi connectivity index (χ0) is 25.8. The molecule has 0 aromatic carbocycles. The molecule has 0 aromatic heterocycles. The van der Waals surface area contributed by atoms with E-state index in [1.54, 1.807) is 0 Å². The van der Waals surface area contributed by atoms with Gasteiger partial charge in [-0.25, -0.2) is 0 Å². The monoisotopic (exact) mass is 504 g/mol. The summed E-state index contributed by atoms with van der Waals surface area (Å²) in [6.07, 6.45) is 9.25. The minimum absolute atomic E-state index is 0.0355. The maximum absolute atomic E-state index is 11.9. The Balaban J connectivity index is 1.64. The van der Waals surface area contributed by atoms with Crippen LogP contribution < -0.4 is 0 Å². The van der Waals surface area contributed by atoms with Crippen molar-refractivity contribution < 1.29 is 19.5 Å². The van der Waals surface area contributed by atoms with Crippen LogP contribution in [0.25, 0.3) is 0 Å². The van der Waals surface area contributed by atoms with Gasteiger partial charge in [0.1, 0.15) is 0 Å². The van der Waals surface area contributed by atoms with Crippen LogP contribution in [0.15, 0.2) is 11.6 Å². The highest BCUT2D eigenvalue weighted by atomic mass is 32.2. The fraction of sp³-hybridized carbons (Fsp3) is 0.931. The van der Waals surface area contributed by atoms with E-state index in [2.05, 4.69) is 47.6 Å². The van der Waals surface area contributed by atoms with Crippen LogP contribution in [0, 0.1) is 51.8 Å². The summed E-state index contributed by atoms with van der Waals surface area (Å²) in [4.78, 5) is 0. The van der Waals surface area contributed by atoms with Gasteiger partial charge in [0.2, 0.25) is 7.12 Å². The van der Waals surface area contributed by atoms with Crippen molar-refractivity contribution in [2.24, 2.45) is 51.8 Å². The molecule has 198 valence electrons. The Hall–Kier alpha value is -0.00506. The van der Waals surface area contributed by atoms with Crippen LogP contribution in [0.2, 0.25) is 0 Å². The van der Waals surface area contributed by atoms with Crippen LogP contribution in [-0.4, -0.2) is 47.4 Å². The van der Waals surface area contributed by atoms with E-state index >= 15 is 0 Å². The predicted octanol–water partition coefficient (Wildman–Crippen LogP) is 5.69. The van der Waals surface area contributed by atoms with Gasteiger partial charge in [-0.3, -0.25) is 0 Å². The molecular weight excluding hydrogens is 455 g/mol. The van der Waals surface area contributed by atoms with Crippen LogP contribution in [0.3, 0.4) is 0 Å². The number of rotatable bonds is 7. The Morgan fingerprint density at radius 1 is 1.09 bits per heavy atom. The first kappa shape index (κ1) is 28.0. The van der Waals surface area contributed by atoms with Gasteiger partial charge < -0.3 is 19.5 Å². The van der Waals surface area contributed by atoms with Gasteiger partial charge in [0, 0.05) is 6.61 Å². The fourth-order valence-electron chi connectivity index (χ4n) is 10.3. The molecule has 35 heavy (non-hydrogen) atoms. The molecule has 4 saturated carbocycles. The van der Waals surface area contributed by atoms with Crippen molar-refractivity contribution in [1.29, 1.82) is 0 Å². The lowest BCUT2D eigenvalue weighted by atomic mass is 9.36. The second-order valence-corrected chi connectivity index (χ2v) is 14.0. The third-order valence-corrected chi connectivity index (χ3v) is 12.4. The molecule has 0 heterocycles. The van der Waals surface area contributed by atoms with E-state index in [-0.39, 0.29) is 58.7 Å². The highest BCUT2D eigenvalue weighted by Gasteiger charge is 2.71. The number of aliphatic hydroxyl groups is 3. The van der Waals surface area contributed by atoms with Crippen LogP contribution in [0.1, 0.15) is 92.9 Å². The van der Waals surface area contributed by atoms with Gasteiger partial charge in [-0.15, -0.1) is 0 Å². The van der Waals surface area contributed by atoms with Gasteiger partial charge in [-0.05, 0) is 117 Å². The van der Waals surface area contributed by atoms with Crippen molar-refractivity contribution in [1.82, 2.24) is 0 Å². The molecule has 0 amide bonds. The lowest BCUT2D eigenvalue weighted by Gasteiger charge is -2.69. The summed E-state index contributed by atoms with van der Waals surface area (Å²) in [7, 11) is 5.66. The molecule has 4 rings (SSSR count). The highest BCUT2D eigenvalue weighted by Crippen LogP contribution is 2.74. The van der Waals surface area contributed by atoms with Crippen molar-refractivity contribution in [3.8, 4) is 0 Å². The van der Waals surface area contributed by atoms with E-state index in [4.69, 9.17) is 11.3 Å². The molecule has 4 aliphatic rings. The summed E-state index contributed by atoms with van der Waals surface area (Å²) in [5.74, 6) is 1.52. The minimum atomic E-state index is -0.410. The molecule has 4 aliphatic carbocycles. The Kier molecular flexibility index (Phi) is 8.23. The lowest BCUT2D eigenvalue weighted by molar-refractivity contribution is -0.238. The molecule has 3 N–H and O–H groups in total. The first-order valence-electron chi connectivity index (χ1n) is 14.1. The van der Waals surface area contributed by atoms with Gasteiger partial charge in [0.05, 0.1) is 18.3 Å². The van der Waals surface area contributed by atoms with Crippen LogP contribution >= 0.6 is 11.9 Å². The predicted molar refractivity (Wildman–Crippen MR) is 145 cm³/mol. The number of aliphatic hydroxyl groups excluding tert-OH is 3. The number of allylic oxidation sites excluding steroid dienone is 2. The average Bonchev–Trinajstić information content (AvgIpc) is 3.04. The third-order valence-electron chi connectivity index (χ3n) is 12.0.